The zero-order valence-corrected chi connectivity index (χ0v) is 14.7. The molecule has 0 saturated heterocycles. The van der Waals surface area contributed by atoms with E-state index in [2.05, 4.69) is 50.2 Å². The summed E-state index contributed by atoms with van der Waals surface area (Å²) in [7, 11) is 0. The van der Waals surface area contributed by atoms with Crippen molar-refractivity contribution in [3.8, 4) is 11.1 Å². The van der Waals surface area contributed by atoms with Gasteiger partial charge in [-0.25, -0.2) is 0 Å². The van der Waals surface area contributed by atoms with Gasteiger partial charge in [-0.15, -0.1) is 0 Å². The Morgan fingerprint density at radius 3 is 2.04 bits per heavy atom. The molecule has 0 atom stereocenters. The Morgan fingerprint density at radius 2 is 1.50 bits per heavy atom. The van der Waals surface area contributed by atoms with Crippen LogP contribution in [0.5, 0.6) is 0 Å². The predicted molar refractivity (Wildman–Crippen MR) is 98.3 cm³/mol. The third-order valence-electron chi connectivity index (χ3n) is 4.96. The fourth-order valence-corrected chi connectivity index (χ4v) is 3.78. The molecule has 0 radical (unpaired) electrons. The highest BCUT2D eigenvalue weighted by molar-refractivity contribution is 6.01. The molecular weight excluding hydrogens is 296 g/mol. The number of rotatable bonds is 8. The maximum Gasteiger partial charge on any atom is 0.150 e. The van der Waals surface area contributed by atoms with Gasteiger partial charge in [-0.05, 0) is 35.1 Å². The Bertz CT molecular complexity index is 672. The smallest absolute Gasteiger partial charge is 0.150 e. The van der Waals surface area contributed by atoms with Crippen LogP contribution < -0.4 is 0 Å². The van der Waals surface area contributed by atoms with Crippen molar-refractivity contribution in [1.82, 2.24) is 0 Å². The second-order valence-corrected chi connectivity index (χ2v) is 6.58. The molecule has 3 rings (SSSR count). The first-order valence-corrected chi connectivity index (χ1v) is 9.06. The van der Waals surface area contributed by atoms with Gasteiger partial charge in [-0.1, -0.05) is 68.8 Å². The van der Waals surface area contributed by atoms with Crippen molar-refractivity contribution in [2.24, 2.45) is 0 Å². The van der Waals surface area contributed by atoms with E-state index in [4.69, 9.17) is 4.74 Å². The molecule has 0 fully saturated rings. The summed E-state index contributed by atoms with van der Waals surface area (Å²) >= 11 is 0. The molecule has 0 aliphatic heterocycles. The molecule has 2 aromatic rings. The summed E-state index contributed by atoms with van der Waals surface area (Å²) in [5.74, 6) is 0.290. The zero-order valence-electron chi connectivity index (χ0n) is 14.7. The summed E-state index contributed by atoms with van der Waals surface area (Å²) in [5, 5.41) is 0. The number of unbranched alkanes of at least 4 members (excludes halogenated alkanes) is 1. The second kappa shape index (κ2) is 7.31. The number of Topliss-reactive ketones (excluding diaryl/α,β-unsaturated/α-hetero) is 1. The average Bonchev–Trinajstić information content (AvgIpc) is 2.92. The van der Waals surface area contributed by atoms with E-state index in [-0.39, 0.29) is 5.78 Å². The number of hydrogen-bond acceptors (Lipinski definition) is 2. The van der Waals surface area contributed by atoms with Crippen LogP contribution >= 0.6 is 0 Å². The number of benzene rings is 2. The third-order valence-corrected chi connectivity index (χ3v) is 4.96. The first kappa shape index (κ1) is 16.9. The van der Waals surface area contributed by atoms with E-state index < -0.39 is 5.41 Å². The van der Waals surface area contributed by atoms with Crippen molar-refractivity contribution in [3.63, 3.8) is 0 Å². The minimum absolute atomic E-state index is 0.290. The van der Waals surface area contributed by atoms with Gasteiger partial charge in [0.1, 0.15) is 11.2 Å². The lowest BCUT2D eigenvalue weighted by Crippen LogP contribution is -2.40. The van der Waals surface area contributed by atoms with Crippen LogP contribution in [0.15, 0.2) is 48.5 Å². The molecule has 1 aliphatic rings. The molecule has 0 saturated carbocycles. The Morgan fingerprint density at radius 1 is 0.917 bits per heavy atom. The number of ketones is 1. The minimum Gasteiger partial charge on any atom is -0.380 e. The Labute approximate surface area is 144 Å². The largest absolute Gasteiger partial charge is 0.380 e. The molecule has 0 heterocycles. The summed E-state index contributed by atoms with van der Waals surface area (Å²) in [6.07, 6.45) is 3.52. The highest BCUT2D eigenvalue weighted by Gasteiger charge is 2.48. The van der Waals surface area contributed by atoms with Crippen LogP contribution in [-0.2, 0) is 14.9 Å². The summed E-state index contributed by atoms with van der Waals surface area (Å²) in [4.78, 5) is 13.4. The van der Waals surface area contributed by atoms with Crippen LogP contribution in [0.1, 0.15) is 50.7 Å². The number of ether oxygens (including phenoxy) is 1. The van der Waals surface area contributed by atoms with Crippen LogP contribution in [0.3, 0.4) is 0 Å². The van der Waals surface area contributed by atoms with Crippen LogP contribution in [0.4, 0.5) is 0 Å². The Balaban J connectivity index is 2.14. The molecule has 126 valence electrons. The van der Waals surface area contributed by atoms with E-state index in [9.17, 15) is 4.79 Å². The Hall–Kier alpha value is -1.93. The van der Waals surface area contributed by atoms with Gasteiger partial charge in [0, 0.05) is 13.0 Å². The highest BCUT2D eigenvalue weighted by atomic mass is 16.5. The van der Waals surface area contributed by atoms with Crippen LogP contribution in [-0.4, -0.2) is 19.0 Å². The van der Waals surface area contributed by atoms with Crippen LogP contribution in [0.2, 0.25) is 0 Å². The van der Waals surface area contributed by atoms with Crippen molar-refractivity contribution in [1.29, 1.82) is 0 Å². The molecule has 0 unspecified atom stereocenters. The van der Waals surface area contributed by atoms with Gasteiger partial charge in [0.05, 0.1) is 6.61 Å². The number of hydrogen-bond donors (Lipinski definition) is 0. The number of fused-ring (bicyclic) bond motifs is 3. The first-order chi connectivity index (χ1) is 11.8. The highest BCUT2D eigenvalue weighted by Crippen LogP contribution is 2.50. The van der Waals surface area contributed by atoms with Gasteiger partial charge < -0.3 is 4.74 Å². The van der Waals surface area contributed by atoms with Gasteiger partial charge in [-0.3, -0.25) is 4.79 Å². The van der Waals surface area contributed by atoms with Gasteiger partial charge in [0.15, 0.2) is 0 Å². The summed E-state index contributed by atoms with van der Waals surface area (Å²) in [6, 6.07) is 16.6. The molecule has 2 aromatic carbocycles. The van der Waals surface area contributed by atoms with E-state index in [0.29, 0.717) is 19.6 Å². The predicted octanol–water partition coefficient (Wildman–Crippen LogP) is 5.14. The summed E-state index contributed by atoms with van der Waals surface area (Å²) in [5.41, 5.74) is 3.94. The van der Waals surface area contributed by atoms with Gasteiger partial charge >= 0.3 is 0 Å². The van der Waals surface area contributed by atoms with E-state index >= 15 is 0 Å². The molecule has 2 nitrogen and oxygen atoms in total. The lowest BCUT2D eigenvalue weighted by molar-refractivity contribution is -0.125. The van der Waals surface area contributed by atoms with Crippen molar-refractivity contribution in [2.45, 2.75) is 44.9 Å². The van der Waals surface area contributed by atoms with E-state index in [1.165, 1.54) is 11.1 Å². The number of carbonyl (C=O) groups excluding carboxylic acids is 1. The molecule has 0 aromatic heterocycles. The van der Waals surface area contributed by atoms with Crippen LogP contribution in [0, 0.1) is 0 Å². The second-order valence-electron chi connectivity index (χ2n) is 6.58. The summed E-state index contributed by atoms with van der Waals surface area (Å²) < 4.78 is 5.96. The number of carbonyl (C=O) groups is 1. The summed E-state index contributed by atoms with van der Waals surface area (Å²) in [6.45, 7) is 5.36. The topological polar surface area (TPSA) is 26.3 Å². The average molecular weight is 322 g/mol. The maximum absolute atomic E-state index is 13.4. The third kappa shape index (κ3) is 2.69. The zero-order chi connectivity index (χ0) is 17.0. The quantitative estimate of drug-likeness (QED) is 0.629. The molecule has 24 heavy (non-hydrogen) atoms. The van der Waals surface area contributed by atoms with E-state index in [0.717, 1.165) is 30.4 Å². The lowest BCUT2D eigenvalue weighted by atomic mass is 9.73. The van der Waals surface area contributed by atoms with Gasteiger partial charge in [0.25, 0.3) is 0 Å². The fourth-order valence-electron chi connectivity index (χ4n) is 3.78. The first-order valence-electron chi connectivity index (χ1n) is 9.06. The standard InChI is InChI=1S/C22H26O2/c1-3-5-14-21(23)22(16-24-15-4-2)19-12-8-6-10-17(19)18-11-7-9-13-20(18)22/h6-13H,3-5,14-16H2,1-2H3. The van der Waals surface area contributed by atoms with Gasteiger partial charge in [-0.2, -0.15) is 0 Å². The normalized spacial score (nSPS) is 14.2. The Kier molecular flexibility index (Phi) is 5.15. The molecule has 0 spiro atoms. The maximum atomic E-state index is 13.4. The molecule has 2 heteroatoms. The molecule has 0 N–H and O–H groups in total. The molecule has 0 bridgehead atoms. The van der Waals surface area contributed by atoms with Crippen molar-refractivity contribution in [2.75, 3.05) is 13.2 Å². The SMILES string of the molecule is CCCCC(=O)C1(COCCC)c2ccccc2-c2ccccc21. The monoisotopic (exact) mass is 322 g/mol. The minimum atomic E-state index is -0.641. The molecule has 1 aliphatic carbocycles. The van der Waals surface area contributed by atoms with Crippen molar-refractivity contribution in [3.05, 3.63) is 59.7 Å². The van der Waals surface area contributed by atoms with Crippen molar-refractivity contribution < 1.29 is 9.53 Å². The van der Waals surface area contributed by atoms with Gasteiger partial charge in [0.2, 0.25) is 0 Å². The van der Waals surface area contributed by atoms with E-state index in [1.54, 1.807) is 0 Å². The fraction of sp³-hybridized carbons (Fsp3) is 0.409. The molecule has 0 amide bonds. The lowest BCUT2D eigenvalue weighted by Gasteiger charge is -2.30. The van der Waals surface area contributed by atoms with E-state index in [1.807, 2.05) is 12.1 Å². The molecular formula is C22H26O2. The van der Waals surface area contributed by atoms with Crippen LogP contribution in [0.25, 0.3) is 11.1 Å². The van der Waals surface area contributed by atoms with Crippen molar-refractivity contribution >= 4 is 5.78 Å².